The molecule has 1 N–H and O–H groups in total. The number of aromatic nitrogens is 2. The van der Waals surface area contributed by atoms with Crippen molar-refractivity contribution in [1.82, 2.24) is 9.78 Å². The molecule has 1 aromatic heterocycles. The van der Waals surface area contributed by atoms with Crippen molar-refractivity contribution in [2.45, 2.75) is 33.7 Å². The zero-order valence-electron chi connectivity index (χ0n) is 7.26. The number of aromatic hydroxyl groups is 1. The fourth-order valence-electron chi connectivity index (χ4n) is 1.15. The molecule has 0 spiro atoms. The third kappa shape index (κ3) is 1.23. The van der Waals surface area contributed by atoms with E-state index in [9.17, 15) is 5.11 Å². The van der Waals surface area contributed by atoms with Crippen LogP contribution >= 0.6 is 0 Å². The van der Waals surface area contributed by atoms with Gasteiger partial charge in [0, 0.05) is 6.54 Å². The van der Waals surface area contributed by atoms with Crippen LogP contribution in [0.4, 0.5) is 0 Å². The van der Waals surface area contributed by atoms with Crippen LogP contribution < -0.4 is 0 Å². The van der Waals surface area contributed by atoms with E-state index in [1.165, 1.54) is 0 Å². The van der Waals surface area contributed by atoms with Crippen LogP contribution in [0.1, 0.15) is 25.2 Å². The van der Waals surface area contributed by atoms with E-state index in [1.54, 1.807) is 0 Å². The van der Waals surface area contributed by atoms with E-state index >= 15 is 0 Å². The Morgan fingerprint density at radius 2 is 2.09 bits per heavy atom. The molecule has 3 heteroatoms. The molecule has 0 saturated carbocycles. The molecule has 1 rings (SSSR count). The number of hydrogen-bond acceptors (Lipinski definition) is 2. The maximum Gasteiger partial charge on any atom is 0.159 e. The molecular formula is C8H14N2O. The highest BCUT2D eigenvalue weighted by Crippen LogP contribution is 2.20. The van der Waals surface area contributed by atoms with Gasteiger partial charge in [-0.2, -0.15) is 5.10 Å². The summed E-state index contributed by atoms with van der Waals surface area (Å²) in [6, 6.07) is 0. The fraction of sp³-hybridized carbons (Fsp3) is 0.625. The van der Waals surface area contributed by atoms with Crippen LogP contribution in [-0.2, 0) is 13.0 Å². The Morgan fingerprint density at radius 3 is 2.36 bits per heavy atom. The minimum Gasteiger partial charge on any atom is -0.504 e. The zero-order valence-corrected chi connectivity index (χ0v) is 7.26. The quantitative estimate of drug-likeness (QED) is 0.700. The Kier molecular flexibility index (Phi) is 2.17. The first-order chi connectivity index (χ1) is 5.20. The van der Waals surface area contributed by atoms with E-state index in [0.717, 1.165) is 24.4 Å². The molecule has 0 aromatic carbocycles. The van der Waals surface area contributed by atoms with Gasteiger partial charge < -0.3 is 5.11 Å². The van der Waals surface area contributed by atoms with Crippen molar-refractivity contribution in [1.29, 1.82) is 0 Å². The second kappa shape index (κ2) is 2.95. The summed E-state index contributed by atoms with van der Waals surface area (Å²) in [6.07, 6.45) is 0.791. The minimum absolute atomic E-state index is 0.356. The van der Waals surface area contributed by atoms with Crippen LogP contribution in [0.25, 0.3) is 0 Å². The lowest BCUT2D eigenvalue weighted by Gasteiger charge is -1.95. The molecule has 0 amide bonds. The van der Waals surface area contributed by atoms with Crippen molar-refractivity contribution in [3.05, 3.63) is 11.4 Å². The number of hydrogen-bond donors (Lipinski definition) is 1. The molecule has 62 valence electrons. The van der Waals surface area contributed by atoms with Crippen molar-refractivity contribution in [3.8, 4) is 5.75 Å². The normalized spacial score (nSPS) is 10.5. The first-order valence-corrected chi connectivity index (χ1v) is 3.95. The predicted molar refractivity (Wildman–Crippen MR) is 43.7 cm³/mol. The zero-order chi connectivity index (χ0) is 8.43. The second-order valence-corrected chi connectivity index (χ2v) is 2.55. The average molecular weight is 154 g/mol. The summed E-state index contributed by atoms with van der Waals surface area (Å²) in [5.41, 5.74) is 1.66. The first-order valence-electron chi connectivity index (χ1n) is 3.95. The van der Waals surface area contributed by atoms with Gasteiger partial charge in [0.15, 0.2) is 5.75 Å². The second-order valence-electron chi connectivity index (χ2n) is 2.55. The summed E-state index contributed by atoms with van der Waals surface area (Å²) in [5, 5.41) is 13.7. The van der Waals surface area contributed by atoms with Gasteiger partial charge >= 0.3 is 0 Å². The van der Waals surface area contributed by atoms with Crippen LogP contribution in [0.5, 0.6) is 5.75 Å². The standard InChI is InChI=1S/C8H14N2O/c1-4-7-8(11)6(3)10(5-2)9-7/h11H,4-5H2,1-3H3. The molecule has 1 aromatic rings. The van der Waals surface area contributed by atoms with E-state index in [4.69, 9.17) is 0 Å². The van der Waals surface area contributed by atoms with Gasteiger partial charge in [0.25, 0.3) is 0 Å². The van der Waals surface area contributed by atoms with Gasteiger partial charge in [-0.05, 0) is 20.3 Å². The molecule has 1 heterocycles. The SMILES string of the molecule is CCc1nn(CC)c(C)c1O. The molecule has 0 unspecified atom stereocenters. The molecular weight excluding hydrogens is 140 g/mol. The summed E-state index contributed by atoms with van der Waals surface area (Å²) >= 11 is 0. The largest absolute Gasteiger partial charge is 0.504 e. The summed E-state index contributed by atoms with van der Waals surface area (Å²) in [6.45, 7) is 6.70. The first kappa shape index (κ1) is 8.11. The van der Waals surface area contributed by atoms with Gasteiger partial charge in [-0.15, -0.1) is 0 Å². The van der Waals surface area contributed by atoms with Crippen LogP contribution in [0.15, 0.2) is 0 Å². The molecule has 0 atom stereocenters. The topological polar surface area (TPSA) is 38.0 Å². The van der Waals surface area contributed by atoms with Crippen molar-refractivity contribution in [2.24, 2.45) is 0 Å². The molecule has 0 radical (unpaired) electrons. The molecule has 3 nitrogen and oxygen atoms in total. The van der Waals surface area contributed by atoms with Gasteiger partial charge in [-0.25, -0.2) is 0 Å². The Balaban J connectivity index is 3.12. The van der Waals surface area contributed by atoms with Crippen molar-refractivity contribution in [2.75, 3.05) is 0 Å². The molecule has 0 saturated heterocycles. The van der Waals surface area contributed by atoms with Gasteiger partial charge in [0.05, 0.1) is 5.69 Å². The summed E-state index contributed by atoms with van der Waals surface area (Å²) in [7, 11) is 0. The van der Waals surface area contributed by atoms with Gasteiger partial charge in [0.2, 0.25) is 0 Å². The van der Waals surface area contributed by atoms with Gasteiger partial charge in [-0.1, -0.05) is 6.92 Å². The summed E-state index contributed by atoms with van der Waals surface area (Å²) < 4.78 is 1.81. The fourth-order valence-corrected chi connectivity index (χ4v) is 1.15. The predicted octanol–water partition coefficient (Wildman–Crippen LogP) is 1.48. The number of nitrogens with zero attached hydrogens (tertiary/aromatic N) is 2. The van der Waals surface area contributed by atoms with Crippen LogP contribution in [0, 0.1) is 6.92 Å². The summed E-state index contributed by atoms with van der Waals surface area (Å²) in [4.78, 5) is 0. The number of rotatable bonds is 2. The maximum absolute atomic E-state index is 9.47. The Labute approximate surface area is 66.7 Å². The number of aryl methyl sites for hydroxylation is 2. The minimum atomic E-state index is 0.356. The highest BCUT2D eigenvalue weighted by atomic mass is 16.3. The van der Waals surface area contributed by atoms with Crippen LogP contribution in [-0.4, -0.2) is 14.9 Å². The Hall–Kier alpha value is -0.990. The lowest BCUT2D eigenvalue weighted by atomic mass is 10.3. The van der Waals surface area contributed by atoms with E-state index in [0.29, 0.717) is 5.75 Å². The molecule has 0 aliphatic heterocycles. The van der Waals surface area contributed by atoms with Gasteiger partial charge in [-0.3, -0.25) is 4.68 Å². The molecule has 11 heavy (non-hydrogen) atoms. The third-order valence-electron chi connectivity index (χ3n) is 1.88. The Morgan fingerprint density at radius 1 is 1.45 bits per heavy atom. The maximum atomic E-state index is 9.47. The molecule has 0 bridgehead atoms. The van der Waals surface area contributed by atoms with E-state index in [1.807, 2.05) is 25.5 Å². The third-order valence-corrected chi connectivity index (χ3v) is 1.88. The molecule has 0 aliphatic carbocycles. The van der Waals surface area contributed by atoms with E-state index in [2.05, 4.69) is 5.10 Å². The van der Waals surface area contributed by atoms with E-state index < -0.39 is 0 Å². The van der Waals surface area contributed by atoms with Crippen molar-refractivity contribution < 1.29 is 5.11 Å². The molecule has 0 aliphatic rings. The van der Waals surface area contributed by atoms with Crippen LogP contribution in [0.2, 0.25) is 0 Å². The average Bonchev–Trinajstić information content (AvgIpc) is 2.30. The molecule has 0 fully saturated rings. The lowest BCUT2D eigenvalue weighted by Crippen LogP contribution is -1.98. The smallest absolute Gasteiger partial charge is 0.159 e. The van der Waals surface area contributed by atoms with Gasteiger partial charge in [0.1, 0.15) is 5.69 Å². The highest BCUT2D eigenvalue weighted by molar-refractivity contribution is 5.30. The van der Waals surface area contributed by atoms with Crippen LogP contribution in [0.3, 0.4) is 0 Å². The summed E-state index contributed by atoms with van der Waals surface area (Å²) in [5.74, 6) is 0.356. The highest BCUT2D eigenvalue weighted by Gasteiger charge is 2.09. The van der Waals surface area contributed by atoms with Crippen molar-refractivity contribution in [3.63, 3.8) is 0 Å². The monoisotopic (exact) mass is 154 g/mol. The Bertz CT molecular complexity index is 228. The van der Waals surface area contributed by atoms with Crippen molar-refractivity contribution >= 4 is 0 Å². The lowest BCUT2D eigenvalue weighted by molar-refractivity contribution is 0.463. The van der Waals surface area contributed by atoms with E-state index in [-0.39, 0.29) is 0 Å².